The van der Waals surface area contributed by atoms with Gasteiger partial charge in [-0.25, -0.2) is 9.59 Å². The molecule has 8 nitrogen and oxygen atoms in total. The van der Waals surface area contributed by atoms with Gasteiger partial charge in [0.2, 0.25) is 5.91 Å². The van der Waals surface area contributed by atoms with Crippen LogP contribution in [0.2, 0.25) is 0 Å². The van der Waals surface area contributed by atoms with E-state index in [1.165, 1.54) is 4.90 Å². The minimum Gasteiger partial charge on any atom is -0.480 e. The van der Waals surface area contributed by atoms with Crippen molar-refractivity contribution < 1.29 is 24.2 Å². The third-order valence-electron chi connectivity index (χ3n) is 5.42. The van der Waals surface area contributed by atoms with Crippen molar-refractivity contribution in [3.63, 3.8) is 0 Å². The number of amides is 2. The summed E-state index contributed by atoms with van der Waals surface area (Å²) in [5.41, 5.74) is 2.63. The molecule has 0 saturated carbocycles. The molecule has 0 aromatic heterocycles. The molecule has 0 unspecified atom stereocenters. The van der Waals surface area contributed by atoms with Gasteiger partial charge in [0.25, 0.3) is 0 Å². The van der Waals surface area contributed by atoms with Crippen molar-refractivity contribution >= 4 is 18.0 Å². The zero-order valence-corrected chi connectivity index (χ0v) is 17.7. The molecule has 166 valence electrons. The summed E-state index contributed by atoms with van der Waals surface area (Å²) in [6.45, 7) is 1.82. The zero-order chi connectivity index (χ0) is 23.1. The highest BCUT2D eigenvalue weighted by atomic mass is 16.6. The number of nitriles is 1. The number of carboxylic acid groups (broad SMARTS) is 1. The van der Waals surface area contributed by atoms with Crippen molar-refractivity contribution in [2.75, 3.05) is 0 Å². The summed E-state index contributed by atoms with van der Waals surface area (Å²) < 4.78 is 5.45. The summed E-state index contributed by atoms with van der Waals surface area (Å²) in [5, 5.41) is 21.0. The molecule has 0 radical (unpaired) electrons. The number of nitrogens with zero attached hydrogens (tertiary/aromatic N) is 2. The Kier molecular flexibility index (Phi) is 7.45. The number of rotatable bonds is 7. The Morgan fingerprint density at radius 3 is 2.47 bits per heavy atom. The number of aliphatic carboxylic acids is 1. The first-order valence-corrected chi connectivity index (χ1v) is 10.4. The number of ether oxygens (including phenoxy) is 1. The number of carbonyl (C=O) groups excluding carboxylic acids is 2. The van der Waals surface area contributed by atoms with Gasteiger partial charge in [0.15, 0.2) is 0 Å². The fraction of sp³-hybridized carbons (Fsp3) is 0.333. The van der Waals surface area contributed by atoms with E-state index in [0.717, 1.165) is 16.7 Å². The molecule has 0 fully saturated rings. The lowest BCUT2D eigenvalue weighted by Gasteiger charge is -2.35. The maximum atomic E-state index is 13.1. The molecule has 1 heterocycles. The summed E-state index contributed by atoms with van der Waals surface area (Å²) in [4.78, 5) is 38.9. The van der Waals surface area contributed by atoms with Crippen LogP contribution in [0.3, 0.4) is 0 Å². The molecule has 1 aliphatic heterocycles. The molecular weight excluding hydrogens is 410 g/mol. The molecule has 2 N–H and O–H groups in total. The first kappa shape index (κ1) is 22.8. The Morgan fingerprint density at radius 2 is 1.81 bits per heavy atom. The summed E-state index contributed by atoms with van der Waals surface area (Å²) in [7, 11) is 0. The number of fused-ring (bicyclic) bond motifs is 1. The molecule has 0 bridgehead atoms. The number of hydrogen-bond donors (Lipinski definition) is 2. The van der Waals surface area contributed by atoms with Crippen molar-refractivity contribution in [3.8, 4) is 6.07 Å². The third-order valence-corrected chi connectivity index (χ3v) is 5.42. The van der Waals surface area contributed by atoms with Gasteiger partial charge >= 0.3 is 12.1 Å². The van der Waals surface area contributed by atoms with Gasteiger partial charge in [-0.2, -0.15) is 5.26 Å². The van der Waals surface area contributed by atoms with Gasteiger partial charge in [0, 0.05) is 12.3 Å². The van der Waals surface area contributed by atoms with Crippen LogP contribution in [0.4, 0.5) is 4.79 Å². The SMILES string of the molecule is C[C@H](C#N)C[C@H](NC(=O)[C@@H]1Cc2ccccc2CN1C(=O)OCc1ccccc1)C(=O)O. The van der Waals surface area contributed by atoms with E-state index in [0.29, 0.717) is 0 Å². The maximum Gasteiger partial charge on any atom is 0.411 e. The van der Waals surface area contributed by atoms with Gasteiger partial charge in [-0.3, -0.25) is 9.69 Å². The number of nitrogens with one attached hydrogen (secondary N) is 1. The van der Waals surface area contributed by atoms with Gasteiger partial charge in [0.05, 0.1) is 12.6 Å². The zero-order valence-electron chi connectivity index (χ0n) is 17.7. The third kappa shape index (κ3) is 5.64. The lowest BCUT2D eigenvalue weighted by Crippen LogP contribution is -2.55. The van der Waals surface area contributed by atoms with Crippen LogP contribution in [0.15, 0.2) is 54.6 Å². The van der Waals surface area contributed by atoms with E-state index in [1.807, 2.05) is 60.7 Å². The molecular formula is C24H25N3O5. The van der Waals surface area contributed by atoms with E-state index >= 15 is 0 Å². The fourth-order valence-corrected chi connectivity index (χ4v) is 3.65. The fourth-order valence-electron chi connectivity index (χ4n) is 3.65. The number of carboxylic acids is 1. The lowest BCUT2D eigenvalue weighted by atomic mass is 9.93. The highest BCUT2D eigenvalue weighted by Crippen LogP contribution is 2.25. The topological polar surface area (TPSA) is 120 Å². The average Bonchev–Trinajstić information content (AvgIpc) is 2.81. The number of benzene rings is 2. The van der Waals surface area contributed by atoms with Crippen LogP contribution >= 0.6 is 0 Å². The molecule has 8 heteroatoms. The second kappa shape index (κ2) is 10.4. The predicted octanol–water partition coefficient (Wildman–Crippen LogP) is 2.87. The average molecular weight is 435 g/mol. The minimum atomic E-state index is -1.23. The van der Waals surface area contributed by atoms with E-state index in [-0.39, 0.29) is 26.0 Å². The predicted molar refractivity (Wildman–Crippen MR) is 115 cm³/mol. The van der Waals surface area contributed by atoms with E-state index in [2.05, 4.69) is 5.32 Å². The largest absolute Gasteiger partial charge is 0.480 e. The molecule has 0 saturated heterocycles. The van der Waals surface area contributed by atoms with E-state index in [4.69, 9.17) is 10.00 Å². The quantitative estimate of drug-likeness (QED) is 0.690. The molecule has 2 aromatic rings. The molecule has 2 amide bonds. The molecule has 1 aliphatic rings. The standard InChI is InChI=1S/C24H25N3O5/c1-16(13-25)11-20(23(29)30)26-22(28)21-12-18-9-5-6-10-19(18)14-27(21)24(31)32-15-17-7-3-2-4-8-17/h2-10,16,20-21H,11-12,14-15H2,1H3,(H,26,28)(H,29,30)/t16-,20-,21-/m0/s1. The van der Waals surface area contributed by atoms with Crippen molar-refractivity contribution in [2.45, 2.75) is 45.0 Å². The Morgan fingerprint density at radius 1 is 1.16 bits per heavy atom. The molecule has 0 spiro atoms. The summed E-state index contributed by atoms with van der Waals surface area (Å²) in [6, 6.07) is 16.5. The summed E-state index contributed by atoms with van der Waals surface area (Å²) in [5.74, 6) is -2.36. The summed E-state index contributed by atoms with van der Waals surface area (Å²) in [6.07, 6.45) is -0.442. The molecule has 3 atom stereocenters. The van der Waals surface area contributed by atoms with Gasteiger partial charge < -0.3 is 15.2 Å². The van der Waals surface area contributed by atoms with Crippen molar-refractivity contribution in [1.82, 2.24) is 10.2 Å². The Balaban J connectivity index is 1.78. The summed E-state index contributed by atoms with van der Waals surface area (Å²) >= 11 is 0. The number of hydrogen-bond acceptors (Lipinski definition) is 5. The first-order valence-electron chi connectivity index (χ1n) is 10.4. The highest BCUT2D eigenvalue weighted by molar-refractivity contribution is 5.90. The second-order valence-corrected chi connectivity index (χ2v) is 7.82. The first-order chi connectivity index (χ1) is 15.4. The van der Waals surface area contributed by atoms with E-state index < -0.39 is 36.0 Å². The van der Waals surface area contributed by atoms with Gasteiger partial charge in [-0.15, -0.1) is 0 Å². The van der Waals surface area contributed by atoms with Gasteiger partial charge in [-0.05, 0) is 30.0 Å². The van der Waals surface area contributed by atoms with Crippen LogP contribution in [0.5, 0.6) is 0 Å². The smallest absolute Gasteiger partial charge is 0.411 e. The van der Waals surface area contributed by atoms with E-state index in [9.17, 15) is 19.5 Å². The molecule has 3 rings (SSSR count). The van der Waals surface area contributed by atoms with Crippen LogP contribution in [-0.4, -0.2) is 40.1 Å². The van der Waals surface area contributed by atoms with Crippen molar-refractivity contribution in [3.05, 3.63) is 71.3 Å². The second-order valence-electron chi connectivity index (χ2n) is 7.82. The van der Waals surface area contributed by atoms with Gasteiger partial charge in [0.1, 0.15) is 18.7 Å². The Bertz CT molecular complexity index is 1020. The molecule has 0 aliphatic carbocycles. The van der Waals surface area contributed by atoms with E-state index in [1.54, 1.807) is 6.92 Å². The normalized spacial score (nSPS) is 16.8. The number of carbonyl (C=O) groups is 3. The Hall–Kier alpha value is -3.86. The van der Waals surface area contributed by atoms with Crippen LogP contribution in [0, 0.1) is 17.2 Å². The van der Waals surface area contributed by atoms with Crippen LogP contribution in [0.1, 0.15) is 30.0 Å². The lowest BCUT2D eigenvalue weighted by molar-refractivity contribution is -0.143. The minimum absolute atomic E-state index is 0.0284. The van der Waals surface area contributed by atoms with Crippen molar-refractivity contribution in [1.29, 1.82) is 5.26 Å². The molecule has 2 aromatic carbocycles. The maximum absolute atomic E-state index is 13.1. The van der Waals surface area contributed by atoms with Crippen LogP contribution in [-0.2, 0) is 33.9 Å². The molecule has 32 heavy (non-hydrogen) atoms. The van der Waals surface area contributed by atoms with Crippen molar-refractivity contribution in [2.24, 2.45) is 5.92 Å². The van der Waals surface area contributed by atoms with Crippen LogP contribution < -0.4 is 5.32 Å². The Labute approximate surface area is 186 Å². The van der Waals surface area contributed by atoms with Crippen LogP contribution in [0.25, 0.3) is 0 Å². The highest BCUT2D eigenvalue weighted by Gasteiger charge is 2.37. The van der Waals surface area contributed by atoms with Gasteiger partial charge in [-0.1, -0.05) is 54.6 Å². The monoisotopic (exact) mass is 435 g/mol.